The van der Waals surface area contributed by atoms with Gasteiger partial charge in [-0.1, -0.05) is 0 Å². The summed E-state index contributed by atoms with van der Waals surface area (Å²) in [5.41, 5.74) is 5.57. The van der Waals surface area contributed by atoms with Crippen molar-refractivity contribution in [2.75, 3.05) is 0 Å². The minimum Gasteiger partial charge on any atom is -0.366 e. The summed E-state index contributed by atoms with van der Waals surface area (Å²) in [5, 5.41) is 4.10. The number of hydrogen-bond acceptors (Lipinski definition) is 3. The average molecular weight is 267 g/mol. The van der Waals surface area contributed by atoms with Crippen molar-refractivity contribution in [3.63, 3.8) is 0 Å². The predicted octanol–water partition coefficient (Wildman–Crippen LogP) is 1.13. The fourth-order valence-corrected chi connectivity index (χ4v) is 1.42. The molecule has 0 aliphatic heterocycles. The Morgan fingerprint density at radius 2 is 2.27 bits per heavy atom. The molecular weight excluding hydrogens is 260 g/mol. The zero-order chi connectivity index (χ0) is 10.8. The molecule has 0 saturated heterocycles. The number of nitrogens with zero attached hydrogens (tertiary/aromatic N) is 3. The molecule has 2 aromatic rings. The molecule has 0 saturated carbocycles. The van der Waals surface area contributed by atoms with Crippen molar-refractivity contribution in [3.8, 4) is 5.82 Å². The van der Waals surface area contributed by atoms with E-state index in [0.717, 1.165) is 0 Å². The number of halogens is 1. The highest BCUT2D eigenvalue weighted by Crippen LogP contribution is 2.10. The highest BCUT2D eigenvalue weighted by Gasteiger charge is 2.04. The number of rotatable bonds is 2. The van der Waals surface area contributed by atoms with Crippen LogP contribution in [-0.2, 0) is 0 Å². The summed E-state index contributed by atoms with van der Waals surface area (Å²) in [6.07, 6.45) is 3.25. The van der Waals surface area contributed by atoms with E-state index in [9.17, 15) is 4.79 Å². The highest BCUT2D eigenvalue weighted by molar-refractivity contribution is 9.10. The van der Waals surface area contributed by atoms with Gasteiger partial charge in [-0.15, -0.1) is 0 Å². The summed E-state index contributed by atoms with van der Waals surface area (Å²) in [6, 6.07) is 4.92. The molecule has 0 fully saturated rings. The molecule has 0 unspecified atom stereocenters. The zero-order valence-corrected chi connectivity index (χ0v) is 9.18. The second-order valence-electron chi connectivity index (χ2n) is 2.85. The van der Waals surface area contributed by atoms with Gasteiger partial charge in [0.2, 0.25) is 5.91 Å². The SMILES string of the molecule is NC(=O)c1ccnc(-n2ccc(Br)n2)c1. The highest BCUT2D eigenvalue weighted by atomic mass is 79.9. The summed E-state index contributed by atoms with van der Waals surface area (Å²) in [4.78, 5) is 15.0. The van der Waals surface area contributed by atoms with Gasteiger partial charge in [0.05, 0.1) is 0 Å². The van der Waals surface area contributed by atoms with E-state index in [-0.39, 0.29) is 0 Å². The van der Waals surface area contributed by atoms with Gasteiger partial charge in [0.1, 0.15) is 4.60 Å². The van der Waals surface area contributed by atoms with Crippen LogP contribution in [0.2, 0.25) is 0 Å². The van der Waals surface area contributed by atoms with Gasteiger partial charge >= 0.3 is 0 Å². The van der Waals surface area contributed by atoms with Crippen molar-refractivity contribution in [2.45, 2.75) is 0 Å². The summed E-state index contributed by atoms with van der Waals surface area (Å²) < 4.78 is 2.25. The number of aromatic nitrogens is 3. The maximum atomic E-state index is 10.9. The molecule has 1 amide bonds. The van der Waals surface area contributed by atoms with Crippen LogP contribution in [0.5, 0.6) is 0 Å². The summed E-state index contributed by atoms with van der Waals surface area (Å²) in [7, 11) is 0. The molecule has 5 nitrogen and oxygen atoms in total. The Balaban J connectivity index is 2.45. The maximum Gasteiger partial charge on any atom is 0.248 e. The normalized spacial score (nSPS) is 10.2. The van der Waals surface area contributed by atoms with Crippen molar-refractivity contribution in [3.05, 3.63) is 40.8 Å². The zero-order valence-electron chi connectivity index (χ0n) is 7.59. The van der Waals surface area contributed by atoms with Crippen molar-refractivity contribution in [1.29, 1.82) is 0 Å². The molecule has 0 aromatic carbocycles. The molecule has 15 heavy (non-hydrogen) atoms. The third-order valence-corrected chi connectivity index (χ3v) is 2.24. The molecule has 0 aliphatic carbocycles. The first-order valence-electron chi connectivity index (χ1n) is 4.14. The smallest absolute Gasteiger partial charge is 0.248 e. The largest absolute Gasteiger partial charge is 0.366 e. The lowest BCUT2D eigenvalue weighted by Gasteiger charge is -2.01. The van der Waals surface area contributed by atoms with Crippen molar-refractivity contribution >= 4 is 21.8 Å². The molecule has 2 heterocycles. The molecule has 0 radical (unpaired) electrons. The van der Waals surface area contributed by atoms with E-state index in [0.29, 0.717) is 16.0 Å². The van der Waals surface area contributed by atoms with E-state index in [1.54, 1.807) is 29.1 Å². The number of primary amides is 1. The van der Waals surface area contributed by atoms with E-state index in [4.69, 9.17) is 5.73 Å². The second-order valence-corrected chi connectivity index (χ2v) is 3.66. The van der Waals surface area contributed by atoms with Crippen LogP contribution >= 0.6 is 15.9 Å². The standard InChI is InChI=1S/C9H7BrN4O/c10-7-2-4-14(13-7)8-5-6(9(11)15)1-3-12-8/h1-5H,(H2,11,15). The fourth-order valence-electron chi connectivity index (χ4n) is 1.13. The van der Waals surface area contributed by atoms with Gasteiger partial charge in [-0.3, -0.25) is 4.79 Å². The van der Waals surface area contributed by atoms with Crippen LogP contribution in [0.1, 0.15) is 10.4 Å². The van der Waals surface area contributed by atoms with E-state index in [1.807, 2.05) is 0 Å². The first kappa shape index (κ1) is 9.85. The molecule has 0 bridgehead atoms. The summed E-state index contributed by atoms with van der Waals surface area (Å²) >= 11 is 3.23. The fraction of sp³-hybridized carbons (Fsp3) is 0. The lowest BCUT2D eigenvalue weighted by molar-refractivity contribution is 0.1000. The molecule has 0 aliphatic rings. The Kier molecular flexibility index (Phi) is 2.51. The maximum absolute atomic E-state index is 10.9. The molecule has 2 rings (SSSR count). The van der Waals surface area contributed by atoms with Crippen molar-refractivity contribution in [1.82, 2.24) is 14.8 Å². The molecule has 0 spiro atoms. The van der Waals surface area contributed by atoms with Gasteiger partial charge in [-0.05, 0) is 34.1 Å². The van der Waals surface area contributed by atoms with Gasteiger partial charge in [0.15, 0.2) is 5.82 Å². The minimum absolute atomic E-state index is 0.409. The van der Waals surface area contributed by atoms with E-state index in [2.05, 4.69) is 26.0 Å². The number of carbonyl (C=O) groups excluding carboxylic acids is 1. The third kappa shape index (κ3) is 2.04. The molecular formula is C9H7BrN4O. The molecule has 2 aromatic heterocycles. The quantitative estimate of drug-likeness (QED) is 0.886. The third-order valence-electron chi connectivity index (χ3n) is 1.82. The summed E-state index contributed by atoms with van der Waals surface area (Å²) in [6.45, 7) is 0. The molecule has 6 heteroatoms. The van der Waals surface area contributed by atoms with E-state index >= 15 is 0 Å². The Morgan fingerprint density at radius 1 is 1.47 bits per heavy atom. The first-order chi connectivity index (χ1) is 7.16. The van der Waals surface area contributed by atoms with Crippen molar-refractivity contribution < 1.29 is 4.79 Å². The van der Waals surface area contributed by atoms with Crippen LogP contribution in [0.3, 0.4) is 0 Å². The predicted molar refractivity (Wildman–Crippen MR) is 57.6 cm³/mol. The lowest BCUT2D eigenvalue weighted by Crippen LogP contribution is -2.12. The lowest BCUT2D eigenvalue weighted by atomic mass is 10.2. The Morgan fingerprint density at radius 3 is 2.87 bits per heavy atom. The van der Waals surface area contributed by atoms with Crippen LogP contribution in [0.15, 0.2) is 35.2 Å². The second kappa shape index (κ2) is 3.82. The number of carbonyl (C=O) groups is 1. The molecule has 0 atom stereocenters. The average Bonchev–Trinajstić information content (AvgIpc) is 2.65. The van der Waals surface area contributed by atoms with Gasteiger partial charge < -0.3 is 5.73 Å². The van der Waals surface area contributed by atoms with Crippen LogP contribution in [-0.4, -0.2) is 20.7 Å². The Labute approximate surface area is 94.0 Å². The van der Waals surface area contributed by atoms with Crippen LogP contribution in [0, 0.1) is 0 Å². The first-order valence-corrected chi connectivity index (χ1v) is 4.93. The van der Waals surface area contributed by atoms with Crippen LogP contribution in [0.4, 0.5) is 0 Å². The van der Waals surface area contributed by atoms with E-state index in [1.165, 1.54) is 6.20 Å². The van der Waals surface area contributed by atoms with Gasteiger partial charge in [0.25, 0.3) is 0 Å². The van der Waals surface area contributed by atoms with Gasteiger partial charge in [-0.25, -0.2) is 9.67 Å². The molecule has 2 N–H and O–H groups in total. The molecule has 76 valence electrons. The Bertz CT molecular complexity index is 508. The minimum atomic E-state index is -0.482. The summed E-state index contributed by atoms with van der Waals surface area (Å²) in [5.74, 6) is 0.0712. The number of nitrogens with two attached hydrogens (primary N) is 1. The van der Waals surface area contributed by atoms with E-state index < -0.39 is 5.91 Å². The number of amides is 1. The van der Waals surface area contributed by atoms with Crippen molar-refractivity contribution in [2.24, 2.45) is 5.73 Å². The Hall–Kier alpha value is -1.69. The van der Waals surface area contributed by atoms with Crippen LogP contribution in [0.25, 0.3) is 5.82 Å². The number of hydrogen-bond donors (Lipinski definition) is 1. The number of pyridine rings is 1. The van der Waals surface area contributed by atoms with Gasteiger partial charge in [0, 0.05) is 18.0 Å². The topological polar surface area (TPSA) is 73.8 Å². The van der Waals surface area contributed by atoms with Crippen LogP contribution < -0.4 is 5.73 Å². The monoisotopic (exact) mass is 266 g/mol. The van der Waals surface area contributed by atoms with Gasteiger partial charge in [-0.2, -0.15) is 5.10 Å².